The van der Waals surface area contributed by atoms with Gasteiger partial charge in [-0.1, -0.05) is 35.7 Å². The van der Waals surface area contributed by atoms with Gasteiger partial charge in [-0.25, -0.2) is 0 Å². The monoisotopic (exact) mass is 420 g/mol. The Morgan fingerprint density at radius 3 is 2.50 bits per heavy atom. The van der Waals surface area contributed by atoms with Crippen LogP contribution < -0.4 is 0 Å². The van der Waals surface area contributed by atoms with Crippen molar-refractivity contribution in [2.24, 2.45) is 40.4 Å². The van der Waals surface area contributed by atoms with Crippen LogP contribution in [0.4, 0.5) is 0 Å². The minimum absolute atomic E-state index is 0.212. The van der Waals surface area contributed by atoms with E-state index in [0.29, 0.717) is 28.4 Å². The van der Waals surface area contributed by atoms with Crippen LogP contribution in [0.5, 0.6) is 0 Å². The predicted octanol–water partition coefficient (Wildman–Crippen LogP) is 4.97. The summed E-state index contributed by atoms with van der Waals surface area (Å²) in [6, 6.07) is 0. The van der Waals surface area contributed by atoms with E-state index in [9.17, 15) is 9.90 Å². The van der Waals surface area contributed by atoms with Crippen molar-refractivity contribution in [3.05, 3.63) is 0 Å². The first-order chi connectivity index (χ1) is 12.3. The summed E-state index contributed by atoms with van der Waals surface area (Å²) in [5, 5.41) is 11.2. The lowest BCUT2D eigenvalue weighted by atomic mass is 9.44. The van der Waals surface area contributed by atoms with Crippen LogP contribution in [-0.2, 0) is 4.79 Å². The summed E-state index contributed by atoms with van der Waals surface area (Å²) in [6.07, 6.45) is 15.5. The Morgan fingerprint density at radius 2 is 1.81 bits per heavy atom. The van der Waals surface area contributed by atoms with E-state index in [-0.39, 0.29) is 11.3 Å². The molecule has 0 aromatic heterocycles. The minimum Gasteiger partial charge on any atom is -0.378 e. The molecular formula is C23H33BrO2. The molecule has 1 N–H and O–H groups in total. The number of aliphatic hydroxyl groups is 1. The average molecular weight is 421 g/mol. The van der Waals surface area contributed by atoms with Gasteiger partial charge in [0.2, 0.25) is 0 Å². The van der Waals surface area contributed by atoms with Gasteiger partial charge in [-0.05, 0) is 92.3 Å². The molecule has 2 nitrogen and oxygen atoms in total. The summed E-state index contributed by atoms with van der Waals surface area (Å²) in [5.41, 5.74) is -0.338. The molecule has 0 aromatic carbocycles. The standard InChI is InChI=1S/C23H33BrO2/c1-4-23(26)12-11-21(2)15(13-23)5-6-16-17-7-8-19(20(25)14-24)22(17,3)10-9-18(16)21/h1,15-19,26H,5-14H2,2-3H3/t15?,16-,17-,18-,19+,21-,22-,23+/m0/s1. The van der Waals surface area contributed by atoms with E-state index in [1.165, 1.54) is 32.1 Å². The smallest absolute Gasteiger partial charge is 0.147 e. The van der Waals surface area contributed by atoms with Crippen LogP contribution in [0.3, 0.4) is 0 Å². The molecule has 4 aliphatic rings. The number of ketones is 1. The van der Waals surface area contributed by atoms with Crippen molar-refractivity contribution in [3.63, 3.8) is 0 Å². The second-order valence-electron chi connectivity index (χ2n) is 10.3. The zero-order chi connectivity index (χ0) is 18.7. The molecule has 0 saturated heterocycles. The number of halogens is 1. The van der Waals surface area contributed by atoms with Crippen LogP contribution >= 0.6 is 15.9 Å². The molecule has 26 heavy (non-hydrogen) atoms. The maximum atomic E-state index is 12.5. The van der Waals surface area contributed by atoms with Crippen molar-refractivity contribution in [1.82, 2.24) is 0 Å². The Kier molecular flexibility index (Phi) is 4.64. The number of rotatable bonds is 2. The van der Waals surface area contributed by atoms with Gasteiger partial charge < -0.3 is 5.11 Å². The zero-order valence-electron chi connectivity index (χ0n) is 16.3. The largest absolute Gasteiger partial charge is 0.378 e. The van der Waals surface area contributed by atoms with Gasteiger partial charge in [0.1, 0.15) is 11.4 Å². The summed E-state index contributed by atoms with van der Waals surface area (Å²) >= 11 is 3.42. The molecule has 4 saturated carbocycles. The number of hydrogen-bond donors (Lipinski definition) is 1. The highest BCUT2D eigenvalue weighted by Crippen LogP contribution is 2.68. The molecule has 0 spiro atoms. The number of alkyl halides is 1. The molecule has 0 aliphatic heterocycles. The molecule has 0 amide bonds. The topological polar surface area (TPSA) is 37.3 Å². The SMILES string of the molecule is C#C[C@@]1(O)CC[C@@]2(C)C(CC[C@H]3[C@@H]4CC[C@H](C(=O)CBr)[C@@]4(C)CC[C@@H]32)C1. The van der Waals surface area contributed by atoms with Crippen molar-refractivity contribution in [1.29, 1.82) is 0 Å². The van der Waals surface area contributed by atoms with Crippen LogP contribution in [-0.4, -0.2) is 21.8 Å². The van der Waals surface area contributed by atoms with Crippen molar-refractivity contribution in [2.45, 2.75) is 77.2 Å². The fourth-order valence-corrected chi connectivity index (χ4v) is 8.39. The third-order valence-electron chi connectivity index (χ3n) is 9.52. The highest BCUT2D eigenvalue weighted by atomic mass is 79.9. The lowest BCUT2D eigenvalue weighted by Crippen LogP contribution is -2.56. The number of hydrogen-bond acceptors (Lipinski definition) is 2. The van der Waals surface area contributed by atoms with Crippen molar-refractivity contribution in [3.8, 4) is 12.3 Å². The molecule has 0 bridgehead atoms. The number of fused-ring (bicyclic) bond motifs is 5. The zero-order valence-corrected chi connectivity index (χ0v) is 17.9. The molecule has 8 atom stereocenters. The highest BCUT2D eigenvalue weighted by molar-refractivity contribution is 9.09. The molecule has 1 unspecified atom stereocenters. The maximum Gasteiger partial charge on any atom is 0.147 e. The van der Waals surface area contributed by atoms with Gasteiger partial charge in [0.25, 0.3) is 0 Å². The number of terminal acetylenes is 1. The second-order valence-corrected chi connectivity index (χ2v) is 10.9. The van der Waals surface area contributed by atoms with Crippen molar-refractivity contribution in [2.75, 3.05) is 5.33 Å². The first kappa shape index (κ1) is 19.0. The lowest BCUT2D eigenvalue weighted by Gasteiger charge is -2.61. The Balaban J connectivity index is 1.59. The summed E-state index contributed by atoms with van der Waals surface area (Å²) in [6.45, 7) is 4.90. The average Bonchev–Trinajstić information content (AvgIpc) is 2.99. The molecule has 0 radical (unpaired) electrons. The van der Waals surface area contributed by atoms with Crippen LogP contribution in [0.2, 0.25) is 0 Å². The van der Waals surface area contributed by atoms with Crippen LogP contribution in [0.25, 0.3) is 0 Å². The summed E-state index contributed by atoms with van der Waals surface area (Å²) < 4.78 is 0. The minimum atomic E-state index is -0.874. The quantitative estimate of drug-likeness (QED) is 0.505. The number of Topliss-reactive ketones (excluding diaryl/α,β-unsaturated/α-hetero) is 1. The molecule has 3 heteroatoms. The van der Waals surface area contributed by atoms with E-state index in [2.05, 4.69) is 35.7 Å². The molecule has 4 aliphatic carbocycles. The van der Waals surface area contributed by atoms with E-state index in [4.69, 9.17) is 6.42 Å². The first-order valence-electron chi connectivity index (χ1n) is 10.6. The Bertz CT molecular complexity index is 639. The van der Waals surface area contributed by atoms with Gasteiger partial charge in [-0.2, -0.15) is 0 Å². The molecule has 4 fully saturated rings. The van der Waals surface area contributed by atoms with Crippen LogP contribution in [0, 0.1) is 52.8 Å². The van der Waals surface area contributed by atoms with Gasteiger partial charge in [0.05, 0.1) is 5.33 Å². The Morgan fingerprint density at radius 1 is 1.08 bits per heavy atom. The third kappa shape index (κ3) is 2.58. The summed E-state index contributed by atoms with van der Waals surface area (Å²) in [4.78, 5) is 12.5. The number of carbonyl (C=O) groups is 1. The molecule has 0 heterocycles. The van der Waals surface area contributed by atoms with E-state index in [1.807, 2.05) is 0 Å². The van der Waals surface area contributed by atoms with Gasteiger partial charge in [0.15, 0.2) is 0 Å². The van der Waals surface area contributed by atoms with E-state index in [0.717, 1.165) is 37.5 Å². The van der Waals surface area contributed by atoms with Crippen LogP contribution in [0.15, 0.2) is 0 Å². The normalized spacial score (nSPS) is 53.1. The van der Waals surface area contributed by atoms with Crippen molar-refractivity contribution >= 4 is 21.7 Å². The summed E-state index contributed by atoms with van der Waals surface area (Å²) in [7, 11) is 0. The van der Waals surface area contributed by atoms with E-state index < -0.39 is 5.60 Å². The lowest BCUT2D eigenvalue weighted by molar-refractivity contribution is -0.144. The fourth-order valence-electron chi connectivity index (χ4n) is 8.00. The molecule has 144 valence electrons. The summed E-state index contributed by atoms with van der Waals surface area (Å²) in [5.74, 6) is 6.15. The fraction of sp³-hybridized carbons (Fsp3) is 0.870. The van der Waals surface area contributed by atoms with E-state index in [1.54, 1.807) is 0 Å². The van der Waals surface area contributed by atoms with Crippen molar-refractivity contribution < 1.29 is 9.90 Å². The van der Waals surface area contributed by atoms with E-state index >= 15 is 0 Å². The maximum absolute atomic E-state index is 12.5. The van der Waals surface area contributed by atoms with Crippen LogP contribution in [0.1, 0.15) is 71.6 Å². The van der Waals surface area contributed by atoms with Gasteiger partial charge in [-0.3, -0.25) is 4.79 Å². The molecule has 4 rings (SSSR count). The third-order valence-corrected chi connectivity index (χ3v) is 10.1. The number of carbonyl (C=O) groups excluding carboxylic acids is 1. The second kappa shape index (κ2) is 6.35. The molecule has 0 aromatic rings. The molecular weight excluding hydrogens is 388 g/mol. The Hall–Kier alpha value is -0.330. The van der Waals surface area contributed by atoms with Gasteiger partial charge in [-0.15, -0.1) is 6.42 Å². The highest BCUT2D eigenvalue weighted by Gasteiger charge is 2.61. The Labute approximate surface area is 167 Å². The predicted molar refractivity (Wildman–Crippen MR) is 108 cm³/mol. The first-order valence-corrected chi connectivity index (χ1v) is 11.7. The van der Waals surface area contributed by atoms with Gasteiger partial charge >= 0.3 is 0 Å². The van der Waals surface area contributed by atoms with Gasteiger partial charge in [0, 0.05) is 5.92 Å².